The van der Waals surface area contributed by atoms with Crippen LogP contribution in [-0.2, 0) is 0 Å². The molecule has 2 aromatic heterocycles. The highest BCUT2D eigenvalue weighted by atomic mass is 16.3. The maximum atomic E-state index is 12.1. The maximum Gasteiger partial charge on any atom is 0.259 e. The summed E-state index contributed by atoms with van der Waals surface area (Å²) in [6.07, 6.45) is 0. The second kappa shape index (κ2) is 4.31. The van der Waals surface area contributed by atoms with Crippen molar-refractivity contribution in [2.24, 2.45) is 0 Å². The summed E-state index contributed by atoms with van der Waals surface area (Å²) in [5.74, 6) is 1.02. The number of benzene rings is 2. The monoisotopic (exact) mass is 276 g/mol. The van der Waals surface area contributed by atoms with E-state index in [-0.39, 0.29) is 5.56 Å². The Hall–Kier alpha value is -2.88. The molecule has 4 rings (SSSR count). The fraction of sp³-hybridized carbons (Fsp3) is 0.0588. The molecule has 0 fully saturated rings. The smallest absolute Gasteiger partial charge is 0.259 e. The van der Waals surface area contributed by atoms with Crippen LogP contribution in [0.1, 0.15) is 5.56 Å². The molecule has 0 amide bonds. The molecule has 2 heterocycles. The van der Waals surface area contributed by atoms with Crippen molar-refractivity contribution in [3.05, 3.63) is 64.4 Å². The van der Waals surface area contributed by atoms with E-state index < -0.39 is 0 Å². The Morgan fingerprint density at radius 2 is 1.95 bits per heavy atom. The minimum Gasteiger partial charge on any atom is -0.453 e. The van der Waals surface area contributed by atoms with Crippen LogP contribution in [0.4, 0.5) is 0 Å². The second-order valence-corrected chi connectivity index (χ2v) is 5.04. The van der Waals surface area contributed by atoms with Crippen molar-refractivity contribution in [1.82, 2.24) is 9.97 Å². The molecule has 0 radical (unpaired) electrons. The first kappa shape index (κ1) is 11.9. The number of aromatic amines is 1. The van der Waals surface area contributed by atoms with Gasteiger partial charge in [-0.25, -0.2) is 4.98 Å². The minimum absolute atomic E-state index is 0.159. The van der Waals surface area contributed by atoms with Crippen molar-refractivity contribution in [2.75, 3.05) is 0 Å². The second-order valence-electron chi connectivity index (χ2n) is 5.04. The van der Waals surface area contributed by atoms with E-state index in [1.165, 1.54) is 0 Å². The molecule has 0 atom stereocenters. The van der Waals surface area contributed by atoms with Gasteiger partial charge in [-0.1, -0.05) is 30.3 Å². The summed E-state index contributed by atoms with van der Waals surface area (Å²) in [5.41, 5.74) is 2.38. The van der Waals surface area contributed by atoms with Crippen molar-refractivity contribution >= 4 is 21.9 Å². The van der Waals surface area contributed by atoms with Crippen LogP contribution in [-0.4, -0.2) is 9.97 Å². The first-order chi connectivity index (χ1) is 10.2. The number of fused-ring (bicyclic) bond motifs is 2. The van der Waals surface area contributed by atoms with Crippen molar-refractivity contribution in [3.63, 3.8) is 0 Å². The van der Waals surface area contributed by atoms with Crippen molar-refractivity contribution < 1.29 is 4.42 Å². The Morgan fingerprint density at radius 1 is 1.10 bits per heavy atom. The number of para-hydroxylation sites is 2. The number of nitrogens with zero attached hydrogens (tertiary/aromatic N) is 1. The van der Waals surface area contributed by atoms with Gasteiger partial charge in [-0.2, -0.15) is 0 Å². The molecule has 0 unspecified atom stereocenters. The lowest BCUT2D eigenvalue weighted by atomic mass is 10.2. The largest absolute Gasteiger partial charge is 0.453 e. The Kier molecular flexibility index (Phi) is 2.44. The highest BCUT2D eigenvalue weighted by Crippen LogP contribution is 2.27. The van der Waals surface area contributed by atoms with Gasteiger partial charge < -0.3 is 9.40 Å². The van der Waals surface area contributed by atoms with Crippen LogP contribution in [0.3, 0.4) is 0 Å². The molecule has 0 saturated carbocycles. The predicted octanol–water partition coefficient (Wildman–Crippen LogP) is 3.64. The van der Waals surface area contributed by atoms with Crippen LogP contribution in [0, 0.1) is 6.92 Å². The van der Waals surface area contributed by atoms with Crippen LogP contribution in [0.2, 0.25) is 0 Å². The molecule has 0 aliphatic rings. The van der Waals surface area contributed by atoms with Crippen molar-refractivity contribution in [1.29, 1.82) is 0 Å². The van der Waals surface area contributed by atoms with Crippen molar-refractivity contribution in [3.8, 4) is 11.6 Å². The van der Waals surface area contributed by atoms with E-state index in [1.807, 2.05) is 49.4 Å². The number of furan rings is 1. The summed E-state index contributed by atoms with van der Waals surface area (Å²) in [6, 6.07) is 15.1. The van der Waals surface area contributed by atoms with E-state index >= 15 is 0 Å². The van der Waals surface area contributed by atoms with Gasteiger partial charge in [-0.15, -0.1) is 0 Å². The van der Waals surface area contributed by atoms with Gasteiger partial charge in [0, 0.05) is 5.39 Å². The summed E-state index contributed by atoms with van der Waals surface area (Å²) < 4.78 is 5.86. The van der Waals surface area contributed by atoms with Crippen LogP contribution < -0.4 is 5.56 Å². The molecule has 102 valence electrons. The van der Waals surface area contributed by atoms with Crippen molar-refractivity contribution in [2.45, 2.75) is 6.92 Å². The lowest BCUT2D eigenvalue weighted by molar-refractivity contribution is 0.623. The van der Waals surface area contributed by atoms with E-state index in [0.717, 1.165) is 16.5 Å². The molecule has 0 bridgehead atoms. The molecule has 0 spiro atoms. The summed E-state index contributed by atoms with van der Waals surface area (Å²) in [5, 5.41) is 1.58. The van der Waals surface area contributed by atoms with Gasteiger partial charge in [-0.3, -0.25) is 4.79 Å². The quantitative estimate of drug-likeness (QED) is 0.577. The number of hydrogen-bond donors (Lipinski definition) is 1. The molecule has 4 nitrogen and oxygen atoms in total. The highest BCUT2D eigenvalue weighted by Gasteiger charge is 2.11. The van der Waals surface area contributed by atoms with Crippen LogP contribution >= 0.6 is 0 Å². The van der Waals surface area contributed by atoms with Crippen LogP contribution in [0.25, 0.3) is 33.5 Å². The fourth-order valence-corrected chi connectivity index (χ4v) is 2.53. The normalized spacial score (nSPS) is 11.3. The van der Waals surface area contributed by atoms with E-state index in [0.29, 0.717) is 22.5 Å². The fourth-order valence-electron chi connectivity index (χ4n) is 2.53. The molecule has 4 aromatic rings. The van der Waals surface area contributed by atoms with Gasteiger partial charge in [0.1, 0.15) is 5.58 Å². The predicted molar refractivity (Wildman–Crippen MR) is 82.3 cm³/mol. The maximum absolute atomic E-state index is 12.1. The zero-order valence-corrected chi connectivity index (χ0v) is 11.4. The van der Waals surface area contributed by atoms with E-state index in [9.17, 15) is 4.79 Å². The first-order valence-electron chi connectivity index (χ1n) is 6.71. The van der Waals surface area contributed by atoms with E-state index in [4.69, 9.17) is 4.42 Å². The number of nitrogens with one attached hydrogen (secondary N) is 1. The summed E-state index contributed by atoms with van der Waals surface area (Å²) in [6.45, 7) is 1.99. The molecule has 0 aliphatic heterocycles. The number of aromatic nitrogens is 2. The molecule has 4 heteroatoms. The zero-order chi connectivity index (χ0) is 14.4. The summed E-state index contributed by atoms with van der Waals surface area (Å²) in [7, 11) is 0. The van der Waals surface area contributed by atoms with Gasteiger partial charge in [0.15, 0.2) is 11.6 Å². The van der Waals surface area contributed by atoms with Gasteiger partial charge in [0.25, 0.3) is 5.56 Å². The molecular formula is C17H12N2O2. The van der Waals surface area contributed by atoms with Gasteiger partial charge in [0.05, 0.1) is 10.9 Å². The van der Waals surface area contributed by atoms with Gasteiger partial charge >= 0.3 is 0 Å². The van der Waals surface area contributed by atoms with Gasteiger partial charge in [-0.05, 0) is 30.7 Å². The molecule has 0 saturated heterocycles. The third kappa shape index (κ3) is 1.84. The third-order valence-electron chi connectivity index (χ3n) is 3.59. The Morgan fingerprint density at radius 3 is 2.81 bits per heavy atom. The Balaban J connectivity index is 2.00. The number of aryl methyl sites for hydroxylation is 1. The SMILES string of the molecule is Cc1cccc2cc(-c3nc4ccccc4c(=O)[nH]3)oc12. The topological polar surface area (TPSA) is 58.9 Å². The van der Waals surface area contributed by atoms with Crippen LogP contribution in [0.15, 0.2) is 57.7 Å². The molecule has 0 aliphatic carbocycles. The average Bonchev–Trinajstić information content (AvgIpc) is 2.93. The Labute approximate surface area is 120 Å². The minimum atomic E-state index is -0.159. The number of H-pyrrole nitrogens is 1. The average molecular weight is 276 g/mol. The molecule has 2 aromatic carbocycles. The summed E-state index contributed by atoms with van der Waals surface area (Å²) in [4.78, 5) is 19.4. The third-order valence-corrected chi connectivity index (χ3v) is 3.59. The zero-order valence-electron chi connectivity index (χ0n) is 11.4. The number of hydrogen-bond acceptors (Lipinski definition) is 3. The van der Waals surface area contributed by atoms with E-state index in [2.05, 4.69) is 9.97 Å². The molecular weight excluding hydrogens is 264 g/mol. The summed E-state index contributed by atoms with van der Waals surface area (Å²) >= 11 is 0. The lowest BCUT2D eigenvalue weighted by Gasteiger charge is -1.99. The van der Waals surface area contributed by atoms with E-state index in [1.54, 1.807) is 6.07 Å². The standard InChI is InChI=1S/C17H12N2O2/c1-10-5-4-6-11-9-14(21-15(10)11)16-18-13-8-3-2-7-12(13)17(20)19-16/h2-9H,1H3,(H,18,19,20). The van der Waals surface area contributed by atoms with Crippen LogP contribution in [0.5, 0.6) is 0 Å². The lowest BCUT2D eigenvalue weighted by Crippen LogP contribution is -2.08. The number of rotatable bonds is 1. The first-order valence-corrected chi connectivity index (χ1v) is 6.71. The molecule has 1 N–H and O–H groups in total. The molecule has 21 heavy (non-hydrogen) atoms. The highest BCUT2D eigenvalue weighted by molar-refractivity contribution is 5.85. The van der Waals surface area contributed by atoms with Gasteiger partial charge in [0.2, 0.25) is 0 Å². The Bertz CT molecular complexity index is 1030.